The maximum atomic E-state index is 5.58. The molecule has 3 atom stereocenters. The summed E-state index contributed by atoms with van der Waals surface area (Å²) in [6, 6.07) is 0.701. The van der Waals surface area contributed by atoms with Crippen LogP contribution in [-0.4, -0.2) is 40.0 Å². The Morgan fingerprint density at radius 2 is 1.85 bits per heavy atom. The van der Waals surface area contributed by atoms with Crippen LogP contribution in [-0.2, 0) is 9.47 Å². The Balaban J connectivity index is 2.31. The van der Waals surface area contributed by atoms with E-state index in [1.54, 1.807) is 7.11 Å². The maximum Gasteiger partial charge on any atom is 0.0700 e. The largest absolute Gasteiger partial charge is 0.382 e. The average molecular weight is 285 g/mol. The zero-order valence-corrected chi connectivity index (χ0v) is 14.2. The van der Waals surface area contributed by atoms with E-state index < -0.39 is 0 Å². The summed E-state index contributed by atoms with van der Waals surface area (Å²) in [4.78, 5) is 0. The van der Waals surface area contributed by atoms with E-state index in [4.69, 9.17) is 9.47 Å². The molecule has 3 heteroatoms. The lowest BCUT2D eigenvalue weighted by Crippen LogP contribution is -2.41. The SMILES string of the molecule is CNC1CCC(C(C)(C)C)CC1CCCOCCOC. The third kappa shape index (κ3) is 6.11. The van der Waals surface area contributed by atoms with E-state index in [0.29, 0.717) is 18.1 Å². The smallest absolute Gasteiger partial charge is 0.0700 e. The molecule has 1 saturated carbocycles. The third-order valence-electron chi connectivity index (χ3n) is 4.87. The van der Waals surface area contributed by atoms with Gasteiger partial charge in [-0.1, -0.05) is 20.8 Å². The second-order valence-electron chi connectivity index (χ2n) is 7.28. The third-order valence-corrected chi connectivity index (χ3v) is 4.87. The molecule has 0 heterocycles. The number of nitrogens with one attached hydrogen (secondary N) is 1. The first-order valence-corrected chi connectivity index (χ1v) is 8.23. The van der Waals surface area contributed by atoms with Crippen molar-refractivity contribution in [2.45, 2.75) is 58.9 Å². The summed E-state index contributed by atoms with van der Waals surface area (Å²) in [7, 11) is 3.83. The summed E-state index contributed by atoms with van der Waals surface area (Å²) in [6.07, 6.45) is 6.52. The van der Waals surface area contributed by atoms with Crippen LogP contribution in [0.15, 0.2) is 0 Å². The predicted molar refractivity (Wildman–Crippen MR) is 85.1 cm³/mol. The van der Waals surface area contributed by atoms with Crippen LogP contribution in [0.4, 0.5) is 0 Å². The van der Waals surface area contributed by atoms with Gasteiger partial charge in [0.05, 0.1) is 13.2 Å². The van der Waals surface area contributed by atoms with Crippen LogP contribution < -0.4 is 5.32 Å². The molecule has 20 heavy (non-hydrogen) atoms. The predicted octanol–water partition coefficient (Wildman–Crippen LogP) is 3.48. The molecule has 3 unspecified atom stereocenters. The number of rotatable bonds is 8. The van der Waals surface area contributed by atoms with Gasteiger partial charge in [-0.05, 0) is 56.4 Å². The van der Waals surface area contributed by atoms with Crippen LogP contribution >= 0.6 is 0 Å². The highest BCUT2D eigenvalue weighted by Crippen LogP contribution is 2.41. The number of methoxy groups -OCH3 is 1. The van der Waals surface area contributed by atoms with E-state index in [9.17, 15) is 0 Å². The van der Waals surface area contributed by atoms with E-state index in [1.807, 2.05) is 0 Å². The van der Waals surface area contributed by atoms with E-state index in [2.05, 4.69) is 33.1 Å². The molecule has 0 aromatic carbocycles. The average Bonchev–Trinajstić information content (AvgIpc) is 2.41. The molecule has 0 bridgehead atoms. The minimum Gasteiger partial charge on any atom is -0.382 e. The van der Waals surface area contributed by atoms with Gasteiger partial charge in [0.1, 0.15) is 0 Å². The van der Waals surface area contributed by atoms with E-state index in [-0.39, 0.29) is 0 Å². The van der Waals surface area contributed by atoms with Crippen LogP contribution in [0.5, 0.6) is 0 Å². The fraction of sp³-hybridized carbons (Fsp3) is 1.00. The fourth-order valence-corrected chi connectivity index (χ4v) is 3.44. The summed E-state index contributed by atoms with van der Waals surface area (Å²) in [5, 5.41) is 3.53. The lowest BCUT2D eigenvalue weighted by Gasteiger charge is -2.42. The molecule has 3 nitrogen and oxygen atoms in total. The Morgan fingerprint density at radius 1 is 1.10 bits per heavy atom. The Bertz CT molecular complexity index is 250. The summed E-state index contributed by atoms with van der Waals surface area (Å²) < 4.78 is 10.6. The van der Waals surface area contributed by atoms with Crippen molar-refractivity contribution in [3.63, 3.8) is 0 Å². The van der Waals surface area contributed by atoms with E-state index in [0.717, 1.165) is 25.0 Å². The van der Waals surface area contributed by atoms with Crippen LogP contribution in [0, 0.1) is 17.3 Å². The first kappa shape index (κ1) is 17.9. The summed E-state index contributed by atoms with van der Waals surface area (Å²) in [5.41, 5.74) is 0.450. The van der Waals surface area contributed by atoms with Gasteiger partial charge in [-0.25, -0.2) is 0 Å². The monoisotopic (exact) mass is 285 g/mol. The molecule has 0 amide bonds. The summed E-state index contributed by atoms with van der Waals surface area (Å²) in [5.74, 6) is 1.68. The highest BCUT2D eigenvalue weighted by atomic mass is 16.5. The maximum absolute atomic E-state index is 5.58. The van der Waals surface area contributed by atoms with Gasteiger partial charge >= 0.3 is 0 Å². The molecule has 0 spiro atoms. The zero-order valence-electron chi connectivity index (χ0n) is 14.2. The van der Waals surface area contributed by atoms with Crippen LogP contribution in [0.3, 0.4) is 0 Å². The molecule has 120 valence electrons. The van der Waals surface area contributed by atoms with Gasteiger partial charge in [0, 0.05) is 19.8 Å². The van der Waals surface area contributed by atoms with Crippen LogP contribution in [0.25, 0.3) is 0 Å². The highest BCUT2D eigenvalue weighted by molar-refractivity contribution is 4.88. The van der Waals surface area contributed by atoms with Crippen molar-refractivity contribution in [3.8, 4) is 0 Å². The van der Waals surface area contributed by atoms with Gasteiger partial charge in [0.2, 0.25) is 0 Å². The van der Waals surface area contributed by atoms with Crippen molar-refractivity contribution in [1.29, 1.82) is 0 Å². The first-order chi connectivity index (χ1) is 9.49. The molecule has 0 radical (unpaired) electrons. The van der Waals surface area contributed by atoms with Crippen molar-refractivity contribution < 1.29 is 9.47 Å². The van der Waals surface area contributed by atoms with Gasteiger partial charge in [-0.3, -0.25) is 0 Å². The van der Waals surface area contributed by atoms with Gasteiger partial charge in [-0.15, -0.1) is 0 Å². The molecular formula is C17H35NO2. The second-order valence-corrected chi connectivity index (χ2v) is 7.28. The summed E-state index contributed by atoms with van der Waals surface area (Å²) >= 11 is 0. The van der Waals surface area contributed by atoms with Crippen LogP contribution in [0.1, 0.15) is 52.9 Å². The Morgan fingerprint density at radius 3 is 2.45 bits per heavy atom. The molecule has 1 N–H and O–H groups in total. The minimum atomic E-state index is 0.450. The molecule has 1 fully saturated rings. The van der Waals surface area contributed by atoms with Crippen molar-refractivity contribution in [2.75, 3.05) is 34.0 Å². The molecule has 1 rings (SSSR count). The standard InChI is InChI=1S/C17H35NO2/c1-17(2,3)15-8-9-16(18-4)14(13-15)7-6-10-20-12-11-19-5/h14-16,18H,6-13H2,1-5H3. The second kappa shape index (κ2) is 9.01. The van der Waals surface area contributed by atoms with Gasteiger partial charge in [-0.2, -0.15) is 0 Å². The van der Waals surface area contributed by atoms with E-state index >= 15 is 0 Å². The van der Waals surface area contributed by atoms with E-state index in [1.165, 1.54) is 32.1 Å². The highest BCUT2D eigenvalue weighted by Gasteiger charge is 2.34. The topological polar surface area (TPSA) is 30.5 Å². The molecule has 0 aromatic heterocycles. The van der Waals surface area contributed by atoms with Crippen molar-refractivity contribution >= 4 is 0 Å². The quantitative estimate of drug-likeness (QED) is 0.693. The van der Waals surface area contributed by atoms with Crippen molar-refractivity contribution in [1.82, 2.24) is 5.32 Å². The fourth-order valence-electron chi connectivity index (χ4n) is 3.44. The Kier molecular flexibility index (Phi) is 8.08. The molecule has 1 aliphatic rings. The molecule has 0 saturated heterocycles. The number of hydrogen-bond acceptors (Lipinski definition) is 3. The number of hydrogen-bond donors (Lipinski definition) is 1. The van der Waals surface area contributed by atoms with Crippen molar-refractivity contribution in [3.05, 3.63) is 0 Å². The molecule has 0 aliphatic heterocycles. The normalized spacial score (nSPS) is 27.8. The minimum absolute atomic E-state index is 0.450. The van der Waals surface area contributed by atoms with Crippen LogP contribution in [0.2, 0.25) is 0 Å². The van der Waals surface area contributed by atoms with Gasteiger partial charge in [0.25, 0.3) is 0 Å². The molecule has 0 aromatic rings. The first-order valence-electron chi connectivity index (χ1n) is 8.23. The Hall–Kier alpha value is -0.120. The molecular weight excluding hydrogens is 250 g/mol. The van der Waals surface area contributed by atoms with Gasteiger partial charge < -0.3 is 14.8 Å². The lowest BCUT2D eigenvalue weighted by atomic mass is 9.66. The number of ether oxygens (including phenoxy) is 2. The molecule has 1 aliphatic carbocycles. The lowest BCUT2D eigenvalue weighted by molar-refractivity contribution is 0.0608. The van der Waals surface area contributed by atoms with Gasteiger partial charge in [0.15, 0.2) is 0 Å². The zero-order chi connectivity index (χ0) is 15.0. The summed E-state index contributed by atoms with van der Waals surface area (Å²) in [6.45, 7) is 9.47. The van der Waals surface area contributed by atoms with Crippen molar-refractivity contribution in [2.24, 2.45) is 17.3 Å². The Labute approximate surface area is 125 Å².